The fraction of sp³-hybridized carbons (Fsp3) is 0.361. The summed E-state index contributed by atoms with van der Waals surface area (Å²) in [5.74, 6) is 0.736. The minimum absolute atomic E-state index is 0.0728. The van der Waals surface area contributed by atoms with Crippen molar-refractivity contribution in [3.8, 4) is 6.07 Å². The molecule has 0 aliphatic carbocycles. The van der Waals surface area contributed by atoms with Crippen molar-refractivity contribution in [1.82, 2.24) is 19.8 Å². The molecule has 0 bridgehead atoms. The van der Waals surface area contributed by atoms with Crippen molar-refractivity contribution in [2.24, 2.45) is 5.92 Å². The zero-order valence-electron chi connectivity index (χ0n) is 24.7. The highest BCUT2D eigenvalue weighted by Gasteiger charge is 2.41. The normalized spacial score (nSPS) is 17.0. The van der Waals surface area contributed by atoms with Gasteiger partial charge in [-0.15, -0.1) is 0 Å². The lowest BCUT2D eigenvalue weighted by Crippen LogP contribution is -2.53. The van der Waals surface area contributed by atoms with E-state index in [1.807, 2.05) is 30.5 Å². The monoisotopic (exact) mass is 559 g/mol. The van der Waals surface area contributed by atoms with E-state index in [2.05, 4.69) is 93.4 Å². The van der Waals surface area contributed by atoms with Gasteiger partial charge in [0.15, 0.2) is 0 Å². The Labute approximate surface area is 250 Å². The summed E-state index contributed by atoms with van der Waals surface area (Å²) in [5.41, 5.74) is 4.79. The Bertz CT molecular complexity index is 1410. The first-order valence-corrected chi connectivity index (χ1v) is 15.1. The summed E-state index contributed by atoms with van der Waals surface area (Å²) in [5, 5.41) is 9.29. The third kappa shape index (κ3) is 6.64. The summed E-state index contributed by atoms with van der Waals surface area (Å²) in [4.78, 5) is 25.9. The molecular formula is C36H41N5O. The third-order valence-corrected chi connectivity index (χ3v) is 8.95. The molecule has 0 spiro atoms. The van der Waals surface area contributed by atoms with Gasteiger partial charge >= 0.3 is 0 Å². The van der Waals surface area contributed by atoms with Crippen LogP contribution in [0.1, 0.15) is 67.0 Å². The summed E-state index contributed by atoms with van der Waals surface area (Å²) >= 11 is 0. The van der Waals surface area contributed by atoms with Crippen molar-refractivity contribution in [2.45, 2.75) is 51.0 Å². The second-order valence-electron chi connectivity index (χ2n) is 11.6. The first-order valence-electron chi connectivity index (χ1n) is 15.1. The van der Waals surface area contributed by atoms with E-state index in [-0.39, 0.29) is 5.91 Å². The Morgan fingerprint density at radius 2 is 1.74 bits per heavy atom. The minimum Gasteiger partial charge on any atom is -0.347 e. The van der Waals surface area contributed by atoms with Crippen molar-refractivity contribution in [2.75, 3.05) is 26.2 Å². The zero-order valence-corrected chi connectivity index (χ0v) is 24.7. The highest BCUT2D eigenvalue weighted by Crippen LogP contribution is 2.37. The molecule has 5 rings (SSSR count). The number of benzene rings is 3. The van der Waals surface area contributed by atoms with E-state index in [4.69, 9.17) is 0 Å². The molecule has 3 aromatic carbocycles. The highest BCUT2D eigenvalue weighted by atomic mass is 16.2. The van der Waals surface area contributed by atoms with Crippen molar-refractivity contribution in [3.63, 3.8) is 0 Å². The van der Waals surface area contributed by atoms with Crippen LogP contribution in [0.2, 0.25) is 0 Å². The summed E-state index contributed by atoms with van der Waals surface area (Å²) in [6.45, 7) is 7.52. The lowest BCUT2D eigenvalue weighted by molar-refractivity contribution is -0.138. The molecule has 2 heterocycles. The van der Waals surface area contributed by atoms with E-state index in [1.165, 1.54) is 11.1 Å². The maximum atomic E-state index is 13.5. The Hall–Kier alpha value is -4.21. The molecule has 1 aromatic heterocycles. The molecule has 1 aliphatic rings. The molecule has 216 valence electrons. The number of hydrogen-bond donors (Lipinski definition) is 1. The number of piperidine rings is 1. The van der Waals surface area contributed by atoms with Gasteiger partial charge in [0.2, 0.25) is 5.91 Å². The molecule has 0 radical (unpaired) electrons. The van der Waals surface area contributed by atoms with Crippen LogP contribution >= 0.6 is 0 Å². The van der Waals surface area contributed by atoms with Crippen LogP contribution < -0.4 is 0 Å². The summed E-state index contributed by atoms with van der Waals surface area (Å²) in [6, 6.07) is 31.5. The number of rotatable bonds is 11. The van der Waals surface area contributed by atoms with E-state index in [1.54, 1.807) is 13.3 Å². The number of carbonyl (C=O) groups excluding carboxylic acids is 1. The van der Waals surface area contributed by atoms with Crippen molar-refractivity contribution < 1.29 is 4.79 Å². The van der Waals surface area contributed by atoms with Crippen LogP contribution in [0.5, 0.6) is 0 Å². The minimum atomic E-state index is -0.560. The van der Waals surface area contributed by atoms with Gasteiger partial charge in [0, 0.05) is 38.9 Å². The van der Waals surface area contributed by atoms with Gasteiger partial charge < -0.3 is 14.8 Å². The van der Waals surface area contributed by atoms with Crippen LogP contribution in [-0.4, -0.2) is 51.9 Å². The van der Waals surface area contributed by atoms with E-state index in [9.17, 15) is 10.1 Å². The van der Waals surface area contributed by atoms with E-state index < -0.39 is 5.54 Å². The largest absolute Gasteiger partial charge is 0.347 e. The average Bonchev–Trinajstić information content (AvgIpc) is 3.59. The molecule has 1 fully saturated rings. The number of nitrogens with one attached hydrogen (secondary N) is 1. The summed E-state index contributed by atoms with van der Waals surface area (Å²) in [7, 11) is 0. The molecule has 2 atom stereocenters. The van der Waals surface area contributed by atoms with Crippen molar-refractivity contribution in [3.05, 3.63) is 125 Å². The Kier molecular flexibility index (Phi) is 9.51. The number of nitrogens with zero attached hydrogens (tertiary/aromatic N) is 4. The van der Waals surface area contributed by atoms with Gasteiger partial charge in [0.1, 0.15) is 0 Å². The van der Waals surface area contributed by atoms with Gasteiger partial charge in [-0.2, -0.15) is 5.26 Å². The quantitative estimate of drug-likeness (QED) is 0.227. The van der Waals surface area contributed by atoms with Crippen LogP contribution in [0, 0.1) is 17.2 Å². The zero-order chi connectivity index (χ0) is 29.4. The van der Waals surface area contributed by atoms with Crippen LogP contribution in [0.25, 0.3) is 0 Å². The lowest BCUT2D eigenvalue weighted by Gasteiger charge is -2.46. The first-order chi connectivity index (χ1) is 20.5. The number of amides is 1. The highest BCUT2D eigenvalue weighted by molar-refractivity contribution is 5.74. The average molecular weight is 560 g/mol. The van der Waals surface area contributed by atoms with E-state index in [0.29, 0.717) is 30.4 Å². The van der Waals surface area contributed by atoms with Gasteiger partial charge in [-0.05, 0) is 60.5 Å². The SMILES string of the molecule is CCC(Cc1ccc(C#N)cc1)(c1cnc[nH]1)N(C[C@H]1CCCN(CC(c2ccccc2)c2ccccc2)C1)C(C)=O. The van der Waals surface area contributed by atoms with Gasteiger partial charge in [-0.25, -0.2) is 4.98 Å². The van der Waals surface area contributed by atoms with E-state index >= 15 is 0 Å². The first kappa shape index (κ1) is 29.3. The Balaban J connectivity index is 1.39. The Morgan fingerprint density at radius 3 is 2.29 bits per heavy atom. The Morgan fingerprint density at radius 1 is 1.07 bits per heavy atom. The lowest BCUT2D eigenvalue weighted by atomic mass is 9.82. The predicted octanol–water partition coefficient (Wildman–Crippen LogP) is 6.52. The smallest absolute Gasteiger partial charge is 0.220 e. The molecule has 1 saturated heterocycles. The maximum Gasteiger partial charge on any atom is 0.220 e. The molecule has 0 saturated carbocycles. The molecule has 42 heavy (non-hydrogen) atoms. The van der Waals surface area contributed by atoms with Gasteiger partial charge in [0.05, 0.1) is 35.4 Å². The van der Waals surface area contributed by atoms with Crippen molar-refractivity contribution in [1.29, 1.82) is 5.26 Å². The number of carbonyl (C=O) groups is 1. The second kappa shape index (κ2) is 13.6. The molecule has 1 unspecified atom stereocenters. The van der Waals surface area contributed by atoms with Crippen LogP contribution in [0.3, 0.4) is 0 Å². The van der Waals surface area contributed by atoms with Gasteiger partial charge in [-0.1, -0.05) is 79.7 Å². The van der Waals surface area contributed by atoms with Crippen LogP contribution in [0.15, 0.2) is 97.5 Å². The second-order valence-corrected chi connectivity index (χ2v) is 11.6. The summed E-state index contributed by atoms with van der Waals surface area (Å²) < 4.78 is 0. The number of H-pyrrole nitrogens is 1. The van der Waals surface area contributed by atoms with E-state index in [0.717, 1.165) is 50.2 Å². The van der Waals surface area contributed by atoms with Crippen molar-refractivity contribution >= 4 is 5.91 Å². The fourth-order valence-corrected chi connectivity index (χ4v) is 6.75. The molecular weight excluding hydrogens is 518 g/mol. The predicted molar refractivity (Wildman–Crippen MR) is 167 cm³/mol. The molecule has 1 N–H and O–H groups in total. The maximum absolute atomic E-state index is 13.5. The molecule has 6 heteroatoms. The molecule has 1 amide bonds. The third-order valence-electron chi connectivity index (χ3n) is 8.95. The number of likely N-dealkylation sites (tertiary alicyclic amines) is 1. The number of hydrogen-bond acceptors (Lipinski definition) is 4. The fourth-order valence-electron chi connectivity index (χ4n) is 6.75. The molecule has 4 aromatic rings. The van der Waals surface area contributed by atoms with Gasteiger partial charge in [0.25, 0.3) is 0 Å². The number of imidazole rings is 1. The molecule has 6 nitrogen and oxygen atoms in total. The topological polar surface area (TPSA) is 76.0 Å². The standard InChI is InChI=1S/C36H41N5O/c1-3-36(35-23-38-27-39-35,21-29-16-18-30(22-37)19-17-29)41(28(2)42)25-31-11-10-20-40(24-31)26-34(32-12-6-4-7-13-32)33-14-8-5-9-15-33/h4-9,12-19,23,27,31,34H,3,10-11,20-21,24-26H2,1-2H3,(H,38,39)/t31-,36?/m0/s1. The van der Waals surface area contributed by atoms with Crippen LogP contribution in [-0.2, 0) is 16.8 Å². The number of nitriles is 1. The number of aromatic nitrogens is 2. The van der Waals surface area contributed by atoms with Gasteiger partial charge in [-0.3, -0.25) is 4.79 Å². The molecule has 1 aliphatic heterocycles. The van der Waals surface area contributed by atoms with Crippen LogP contribution in [0.4, 0.5) is 0 Å². The summed E-state index contributed by atoms with van der Waals surface area (Å²) in [6.07, 6.45) is 7.17. The number of aromatic amines is 1.